The van der Waals surface area contributed by atoms with E-state index in [1.807, 2.05) is 73.3 Å². The highest BCUT2D eigenvalue weighted by atomic mass is 16.5. The number of aryl methyl sites for hydroxylation is 1. The van der Waals surface area contributed by atoms with E-state index in [0.29, 0.717) is 24.3 Å². The van der Waals surface area contributed by atoms with Gasteiger partial charge in [0.05, 0.1) is 24.8 Å². The van der Waals surface area contributed by atoms with Gasteiger partial charge in [0.2, 0.25) is 0 Å². The summed E-state index contributed by atoms with van der Waals surface area (Å²) in [6, 6.07) is 19.9. The van der Waals surface area contributed by atoms with E-state index >= 15 is 0 Å². The predicted molar refractivity (Wildman–Crippen MR) is 163 cm³/mol. The van der Waals surface area contributed by atoms with E-state index in [2.05, 4.69) is 16.0 Å². The number of likely N-dealkylation sites (tertiary alicyclic amines) is 2. The minimum absolute atomic E-state index is 0.0372. The Balaban J connectivity index is 1.08. The number of carbonyl (C=O) groups is 1. The molecule has 8 heteroatoms. The van der Waals surface area contributed by atoms with Gasteiger partial charge in [-0.05, 0) is 80.3 Å². The van der Waals surface area contributed by atoms with Crippen molar-refractivity contribution in [3.05, 3.63) is 88.7 Å². The van der Waals surface area contributed by atoms with Gasteiger partial charge in [-0.15, -0.1) is 0 Å². The summed E-state index contributed by atoms with van der Waals surface area (Å²) in [6.45, 7) is 8.22. The molecule has 218 valence electrons. The van der Waals surface area contributed by atoms with E-state index in [0.717, 1.165) is 73.7 Å². The minimum atomic E-state index is -0.0372. The quantitative estimate of drug-likeness (QED) is 0.339. The molecular weight excluding hydrogens is 526 g/mol. The van der Waals surface area contributed by atoms with Gasteiger partial charge < -0.3 is 14.4 Å². The average molecular weight is 566 g/mol. The number of aromatic nitrogens is 1. The standard InChI is InChI=1S/C34H39N5O3/c1-24-20-31(41-3)9-11-33(24)42-30-14-18-39(19-15-30)34(40)32-10-8-28(22-36-32)25(2)37-29-12-16-38(17-13-29)23-27-6-4-26(21-35)5-7-27/h4-11,20,22,29-30H,12-19,23H2,1-3H3. The van der Waals surface area contributed by atoms with E-state index in [-0.39, 0.29) is 18.1 Å². The molecule has 2 aromatic carbocycles. The van der Waals surface area contributed by atoms with Gasteiger partial charge in [-0.1, -0.05) is 12.1 Å². The minimum Gasteiger partial charge on any atom is -0.497 e. The van der Waals surface area contributed by atoms with Gasteiger partial charge in [0, 0.05) is 63.0 Å². The molecule has 1 aromatic heterocycles. The predicted octanol–water partition coefficient (Wildman–Crippen LogP) is 5.43. The number of hydrogen-bond acceptors (Lipinski definition) is 7. The summed E-state index contributed by atoms with van der Waals surface area (Å²) < 4.78 is 11.5. The maximum atomic E-state index is 13.1. The van der Waals surface area contributed by atoms with Crippen molar-refractivity contribution in [2.24, 2.45) is 4.99 Å². The van der Waals surface area contributed by atoms with Crippen molar-refractivity contribution in [2.75, 3.05) is 33.3 Å². The second-order valence-electron chi connectivity index (χ2n) is 11.2. The van der Waals surface area contributed by atoms with Crippen LogP contribution in [-0.2, 0) is 6.54 Å². The van der Waals surface area contributed by atoms with Crippen LogP contribution in [0.1, 0.15) is 65.3 Å². The van der Waals surface area contributed by atoms with Crippen molar-refractivity contribution in [3.63, 3.8) is 0 Å². The average Bonchev–Trinajstić information content (AvgIpc) is 3.03. The zero-order valence-corrected chi connectivity index (χ0v) is 24.8. The molecule has 1 amide bonds. The number of aliphatic imine (C=N–C) groups is 1. The van der Waals surface area contributed by atoms with Crippen LogP contribution in [-0.4, -0.2) is 71.8 Å². The lowest BCUT2D eigenvalue weighted by Gasteiger charge is -2.32. The topological polar surface area (TPSA) is 91.0 Å². The molecule has 8 nitrogen and oxygen atoms in total. The number of piperidine rings is 2. The van der Waals surface area contributed by atoms with Crippen LogP contribution in [0.2, 0.25) is 0 Å². The number of carbonyl (C=O) groups excluding carboxylic acids is 1. The fourth-order valence-corrected chi connectivity index (χ4v) is 5.63. The van der Waals surface area contributed by atoms with E-state index < -0.39 is 0 Å². The fourth-order valence-electron chi connectivity index (χ4n) is 5.63. The molecule has 3 aromatic rings. The van der Waals surface area contributed by atoms with Crippen LogP contribution in [0.5, 0.6) is 11.5 Å². The van der Waals surface area contributed by atoms with Crippen molar-refractivity contribution in [3.8, 4) is 17.6 Å². The van der Waals surface area contributed by atoms with Crippen LogP contribution in [0.25, 0.3) is 0 Å². The molecule has 0 atom stereocenters. The van der Waals surface area contributed by atoms with Gasteiger partial charge in [0.15, 0.2) is 0 Å². The van der Waals surface area contributed by atoms with Crippen molar-refractivity contribution < 1.29 is 14.3 Å². The summed E-state index contributed by atoms with van der Waals surface area (Å²) in [5.74, 6) is 1.64. The molecule has 0 saturated carbocycles. The number of ether oxygens (including phenoxy) is 2. The van der Waals surface area contributed by atoms with Crippen LogP contribution in [0, 0.1) is 18.3 Å². The molecule has 0 N–H and O–H groups in total. The van der Waals surface area contributed by atoms with E-state index in [1.54, 1.807) is 13.3 Å². The first-order chi connectivity index (χ1) is 20.4. The maximum absolute atomic E-state index is 13.1. The monoisotopic (exact) mass is 565 g/mol. The van der Waals surface area contributed by atoms with Crippen LogP contribution in [0.15, 0.2) is 65.8 Å². The first-order valence-electron chi connectivity index (χ1n) is 14.7. The summed E-state index contributed by atoms with van der Waals surface area (Å²) in [4.78, 5) is 27.0. The molecule has 0 bridgehead atoms. The second kappa shape index (κ2) is 13.6. The molecule has 2 saturated heterocycles. The number of pyridine rings is 1. The molecule has 2 aliphatic heterocycles. The third-order valence-corrected chi connectivity index (χ3v) is 8.23. The van der Waals surface area contributed by atoms with Crippen molar-refractivity contribution >= 4 is 11.6 Å². The Morgan fingerprint density at radius 2 is 1.76 bits per heavy atom. The molecule has 0 spiro atoms. The Morgan fingerprint density at radius 3 is 2.38 bits per heavy atom. The van der Waals surface area contributed by atoms with Crippen molar-refractivity contribution in [1.29, 1.82) is 5.26 Å². The zero-order chi connectivity index (χ0) is 29.5. The Hall–Kier alpha value is -4.22. The highest BCUT2D eigenvalue weighted by Gasteiger charge is 2.26. The molecule has 42 heavy (non-hydrogen) atoms. The second-order valence-corrected chi connectivity index (χ2v) is 11.2. The number of amides is 1. The van der Waals surface area contributed by atoms with Gasteiger partial charge in [-0.3, -0.25) is 19.7 Å². The Morgan fingerprint density at radius 1 is 1.02 bits per heavy atom. The number of nitriles is 1. The van der Waals surface area contributed by atoms with Crippen LogP contribution in [0.3, 0.4) is 0 Å². The Bertz CT molecular complexity index is 1430. The molecule has 0 unspecified atom stereocenters. The molecular formula is C34H39N5O3. The molecule has 0 aliphatic carbocycles. The van der Waals surface area contributed by atoms with E-state index in [9.17, 15) is 4.79 Å². The molecule has 5 rings (SSSR count). The van der Waals surface area contributed by atoms with Gasteiger partial charge in [0.25, 0.3) is 5.91 Å². The first-order valence-corrected chi connectivity index (χ1v) is 14.7. The highest BCUT2D eigenvalue weighted by molar-refractivity contribution is 5.99. The van der Waals surface area contributed by atoms with Gasteiger partial charge in [-0.2, -0.15) is 5.26 Å². The highest BCUT2D eigenvalue weighted by Crippen LogP contribution is 2.27. The number of rotatable bonds is 8. The molecule has 2 fully saturated rings. The lowest BCUT2D eigenvalue weighted by Crippen LogP contribution is -2.42. The number of hydrogen-bond donors (Lipinski definition) is 0. The third kappa shape index (κ3) is 7.34. The number of benzene rings is 2. The summed E-state index contributed by atoms with van der Waals surface area (Å²) in [7, 11) is 1.66. The summed E-state index contributed by atoms with van der Waals surface area (Å²) in [5, 5.41) is 8.99. The summed E-state index contributed by atoms with van der Waals surface area (Å²) in [6.07, 6.45) is 5.44. The van der Waals surface area contributed by atoms with Crippen molar-refractivity contribution in [2.45, 2.75) is 58.2 Å². The zero-order valence-electron chi connectivity index (χ0n) is 24.8. The van der Waals surface area contributed by atoms with Gasteiger partial charge in [-0.25, -0.2) is 0 Å². The number of nitrogens with zero attached hydrogens (tertiary/aromatic N) is 5. The lowest BCUT2D eigenvalue weighted by atomic mass is 10.0. The Labute approximate surface area is 248 Å². The normalized spacial score (nSPS) is 17.1. The lowest BCUT2D eigenvalue weighted by molar-refractivity contribution is 0.0589. The molecule has 3 heterocycles. The Kier molecular flexibility index (Phi) is 9.50. The molecule has 0 radical (unpaired) electrons. The van der Waals surface area contributed by atoms with Crippen molar-refractivity contribution in [1.82, 2.24) is 14.8 Å². The summed E-state index contributed by atoms with van der Waals surface area (Å²) in [5.41, 5.74) is 5.34. The molecule has 2 aliphatic rings. The van der Waals surface area contributed by atoms with Crippen LogP contribution in [0.4, 0.5) is 0 Å². The summed E-state index contributed by atoms with van der Waals surface area (Å²) >= 11 is 0. The largest absolute Gasteiger partial charge is 0.497 e. The van der Waals surface area contributed by atoms with Gasteiger partial charge >= 0.3 is 0 Å². The number of methoxy groups -OCH3 is 1. The van der Waals surface area contributed by atoms with Crippen LogP contribution >= 0.6 is 0 Å². The smallest absolute Gasteiger partial charge is 0.272 e. The maximum Gasteiger partial charge on any atom is 0.272 e. The fraction of sp³-hybridized carbons (Fsp3) is 0.412. The first kappa shape index (κ1) is 29.3. The third-order valence-electron chi connectivity index (χ3n) is 8.23. The SMILES string of the molecule is COc1ccc(OC2CCN(C(=O)c3ccc(C(C)=NC4CCN(Cc5ccc(C#N)cc5)CC4)cn3)CC2)c(C)c1. The van der Waals surface area contributed by atoms with Gasteiger partial charge in [0.1, 0.15) is 23.3 Å². The van der Waals surface area contributed by atoms with E-state index in [1.165, 1.54) is 5.56 Å². The van der Waals surface area contributed by atoms with Crippen LogP contribution < -0.4 is 9.47 Å². The van der Waals surface area contributed by atoms with E-state index in [4.69, 9.17) is 19.7 Å².